The summed E-state index contributed by atoms with van der Waals surface area (Å²) < 4.78 is 13.3. The third-order valence-corrected chi connectivity index (χ3v) is 3.84. The molecule has 0 aromatic heterocycles. The summed E-state index contributed by atoms with van der Waals surface area (Å²) in [6.07, 6.45) is 4.93. The van der Waals surface area contributed by atoms with E-state index in [1.807, 2.05) is 13.0 Å². The maximum absolute atomic E-state index is 13.3. The lowest BCUT2D eigenvalue weighted by atomic mass is 10.0. The van der Waals surface area contributed by atoms with Gasteiger partial charge in [0.2, 0.25) is 0 Å². The summed E-state index contributed by atoms with van der Waals surface area (Å²) in [5, 5.41) is 1.08. The minimum Gasteiger partial charge on any atom is -0.207 e. The lowest BCUT2D eigenvalue weighted by molar-refractivity contribution is 0.627. The van der Waals surface area contributed by atoms with E-state index in [1.165, 1.54) is 12.1 Å². The number of allylic oxidation sites excluding steroid dienone is 5. The van der Waals surface area contributed by atoms with Gasteiger partial charge in [-0.15, -0.1) is 0 Å². The molecule has 0 atom stereocenters. The number of benzene rings is 1. The van der Waals surface area contributed by atoms with E-state index >= 15 is 0 Å². The minimum atomic E-state index is -0.343. The Labute approximate surface area is 123 Å². The third kappa shape index (κ3) is 3.49. The molecule has 19 heavy (non-hydrogen) atoms. The van der Waals surface area contributed by atoms with Gasteiger partial charge in [0.25, 0.3) is 0 Å². The Morgan fingerprint density at radius 3 is 2.63 bits per heavy atom. The molecule has 1 aromatic carbocycles. The van der Waals surface area contributed by atoms with Crippen molar-refractivity contribution in [1.29, 1.82) is 0 Å². The second kappa shape index (κ2) is 5.94. The Bertz CT molecular complexity index is 562. The number of hydrogen-bond acceptors (Lipinski definition) is 0. The van der Waals surface area contributed by atoms with Crippen LogP contribution in [0.1, 0.15) is 31.7 Å². The smallest absolute Gasteiger partial charge is 0.125 e. The molecule has 0 aliphatic heterocycles. The van der Waals surface area contributed by atoms with Crippen molar-refractivity contribution in [1.82, 2.24) is 0 Å². The van der Waals surface area contributed by atoms with Crippen LogP contribution in [-0.2, 0) is 0 Å². The number of halogens is 3. The first kappa shape index (κ1) is 14.4. The van der Waals surface area contributed by atoms with Gasteiger partial charge in [0, 0.05) is 10.1 Å². The van der Waals surface area contributed by atoms with Gasteiger partial charge >= 0.3 is 0 Å². The lowest BCUT2D eigenvalue weighted by Crippen LogP contribution is -1.85. The van der Waals surface area contributed by atoms with Gasteiger partial charge in [-0.2, -0.15) is 0 Å². The molecule has 1 fully saturated rings. The molecular formula is C16H15Cl2F. The van der Waals surface area contributed by atoms with Crippen molar-refractivity contribution in [2.75, 3.05) is 0 Å². The standard InChI is InChI=1S/C16H15Cl2F/c1-10-4-3-5-15(10)16(18)6-11(2)12-7-13(17)9-14(19)8-12/h6-9H,1,3-5H2,2H3/b11-6+,16-15+. The third-order valence-electron chi connectivity index (χ3n) is 3.28. The van der Waals surface area contributed by atoms with Gasteiger partial charge in [0.05, 0.1) is 0 Å². The first-order valence-electron chi connectivity index (χ1n) is 6.19. The molecule has 0 amide bonds. The van der Waals surface area contributed by atoms with E-state index in [1.54, 1.807) is 6.07 Å². The van der Waals surface area contributed by atoms with E-state index in [0.29, 0.717) is 10.1 Å². The Morgan fingerprint density at radius 1 is 1.32 bits per heavy atom. The first-order valence-corrected chi connectivity index (χ1v) is 6.94. The van der Waals surface area contributed by atoms with Crippen LogP contribution in [0.2, 0.25) is 5.02 Å². The SMILES string of the molecule is C=C1CCC/C1=C(Cl)/C=C(\C)c1cc(F)cc(Cl)c1. The Hall–Kier alpha value is -1.05. The molecule has 1 aliphatic rings. The van der Waals surface area contributed by atoms with E-state index in [9.17, 15) is 4.39 Å². The number of rotatable bonds is 2. The summed E-state index contributed by atoms with van der Waals surface area (Å²) in [7, 11) is 0. The molecule has 0 N–H and O–H groups in total. The zero-order chi connectivity index (χ0) is 14.0. The molecule has 100 valence electrons. The van der Waals surface area contributed by atoms with Gasteiger partial charge in [-0.25, -0.2) is 4.39 Å². The molecule has 1 aliphatic carbocycles. The second-order valence-corrected chi connectivity index (χ2v) is 5.61. The quantitative estimate of drug-likeness (QED) is 0.617. The zero-order valence-electron chi connectivity index (χ0n) is 10.8. The normalized spacial score (nSPS) is 18.9. The highest BCUT2D eigenvalue weighted by Gasteiger charge is 2.14. The van der Waals surface area contributed by atoms with E-state index in [-0.39, 0.29) is 5.82 Å². The lowest BCUT2D eigenvalue weighted by Gasteiger charge is -2.05. The van der Waals surface area contributed by atoms with E-state index < -0.39 is 0 Å². The molecule has 1 aromatic rings. The number of hydrogen-bond donors (Lipinski definition) is 0. The molecule has 0 nitrogen and oxygen atoms in total. The highest BCUT2D eigenvalue weighted by molar-refractivity contribution is 6.32. The Morgan fingerprint density at radius 2 is 2.05 bits per heavy atom. The van der Waals surface area contributed by atoms with Crippen molar-refractivity contribution in [2.24, 2.45) is 0 Å². The Kier molecular flexibility index (Phi) is 4.49. The van der Waals surface area contributed by atoms with Gasteiger partial charge in [0.15, 0.2) is 0 Å². The molecule has 0 saturated heterocycles. The molecule has 0 bridgehead atoms. The van der Waals surface area contributed by atoms with Crippen LogP contribution in [0.25, 0.3) is 5.57 Å². The molecular weight excluding hydrogens is 282 g/mol. The van der Waals surface area contributed by atoms with Crippen molar-refractivity contribution < 1.29 is 4.39 Å². The van der Waals surface area contributed by atoms with Gasteiger partial charge in [-0.1, -0.05) is 35.4 Å². The average Bonchev–Trinajstić information content (AvgIpc) is 2.74. The van der Waals surface area contributed by atoms with Gasteiger partial charge in [-0.3, -0.25) is 0 Å². The fourth-order valence-corrected chi connectivity index (χ4v) is 2.85. The molecule has 0 unspecified atom stereocenters. The minimum absolute atomic E-state index is 0.343. The topological polar surface area (TPSA) is 0 Å². The summed E-state index contributed by atoms with van der Waals surface area (Å²) >= 11 is 12.2. The molecule has 0 spiro atoms. The van der Waals surface area contributed by atoms with Crippen molar-refractivity contribution in [3.8, 4) is 0 Å². The average molecular weight is 297 g/mol. The first-order chi connectivity index (χ1) is 8.97. The fourth-order valence-electron chi connectivity index (χ4n) is 2.24. The zero-order valence-corrected chi connectivity index (χ0v) is 12.3. The van der Waals surface area contributed by atoms with Crippen LogP contribution in [0.4, 0.5) is 4.39 Å². The fraction of sp³-hybridized carbons (Fsp3) is 0.250. The maximum Gasteiger partial charge on any atom is 0.125 e. The maximum atomic E-state index is 13.3. The second-order valence-electron chi connectivity index (χ2n) is 4.77. The predicted octanol–water partition coefficient (Wildman–Crippen LogP) is 6.12. The molecule has 0 heterocycles. The van der Waals surface area contributed by atoms with Crippen molar-refractivity contribution in [3.05, 3.63) is 63.4 Å². The van der Waals surface area contributed by atoms with E-state index in [4.69, 9.17) is 23.2 Å². The van der Waals surface area contributed by atoms with Crippen LogP contribution in [0.15, 0.2) is 47.0 Å². The van der Waals surface area contributed by atoms with Gasteiger partial charge in [0.1, 0.15) is 5.82 Å². The highest BCUT2D eigenvalue weighted by Crippen LogP contribution is 2.34. The summed E-state index contributed by atoms with van der Waals surface area (Å²) in [4.78, 5) is 0. The Balaban J connectivity index is 2.35. The monoisotopic (exact) mass is 296 g/mol. The summed E-state index contributed by atoms with van der Waals surface area (Å²) in [6, 6.07) is 4.47. The van der Waals surface area contributed by atoms with Crippen molar-refractivity contribution in [3.63, 3.8) is 0 Å². The molecule has 3 heteroatoms. The van der Waals surface area contributed by atoms with Crippen molar-refractivity contribution >= 4 is 28.8 Å². The highest BCUT2D eigenvalue weighted by atomic mass is 35.5. The summed E-state index contributed by atoms with van der Waals surface area (Å²) in [5.74, 6) is -0.343. The van der Waals surface area contributed by atoms with Gasteiger partial charge < -0.3 is 0 Å². The summed E-state index contributed by atoms with van der Waals surface area (Å²) in [6.45, 7) is 5.91. The molecule has 2 rings (SSSR count). The van der Waals surface area contributed by atoms with Gasteiger partial charge in [-0.05, 0) is 67.2 Å². The van der Waals surface area contributed by atoms with Crippen LogP contribution in [0, 0.1) is 5.82 Å². The van der Waals surface area contributed by atoms with Crippen LogP contribution in [0.3, 0.4) is 0 Å². The predicted molar refractivity (Wildman–Crippen MR) is 80.9 cm³/mol. The van der Waals surface area contributed by atoms with E-state index in [2.05, 4.69) is 6.58 Å². The van der Waals surface area contributed by atoms with Crippen LogP contribution >= 0.6 is 23.2 Å². The molecule has 1 saturated carbocycles. The summed E-state index contributed by atoms with van der Waals surface area (Å²) in [5.41, 5.74) is 3.85. The molecule has 0 radical (unpaired) electrons. The van der Waals surface area contributed by atoms with Crippen LogP contribution < -0.4 is 0 Å². The van der Waals surface area contributed by atoms with E-state index in [0.717, 1.165) is 41.5 Å². The van der Waals surface area contributed by atoms with Crippen molar-refractivity contribution in [2.45, 2.75) is 26.2 Å². The largest absolute Gasteiger partial charge is 0.207 e. The van der Waals surface area contributed by atoms with Crippen LogP contribution in [-0.4, -0.2) is 0 Å². The van der Waals surface area contributed by atoms with Crippen LogP contribution in [0.5, 0.6) is 0 Å².